The Morgan fingerprint density at radius 3 is 2.55 bits per heavy atom. The number of ketones is 1. The molecule has 0 aliphatic heterocycles. The van der Waals surface area contributed by atoms with Gasteiger partial charge < -0.3 is 5.11 Å². The van der Waals surface area contributed by atoms with Crippen molar-refractivity contribution in [2.75, 3.05) is 0 Å². The molecular weight excluding hydrogens is 144 g/mol. The van der Waals surface area contributed by atoms with E-state index in [1.807, 2.05) is 0 Å². The van der Waals surface area contributed by atoms with Crippen molar-refractivity contribution in [3.63, 3.8) is 0 Å². The van der Waals surface area contributed by atoms with Crippen LogP contribution in [0, 0.1) is 0 Å². The molecule has 0 radical (unpaired) electrons. The molecule has 1 rings (SSSR count). The Bertz CT molecular complexity index is 246. The molecule has 1 aromatic rings. The Balaban J connectivity index is 2.86. The van der Waals surface area contributed by atoms with Gasteiger partial charge in [-0.2, -0.15) is 0 Å². The van der Waals surface area contributed by atoms with E-state index in [2.05, 4.69) is 9.97 Å². The van der Waals surface area contributed by atoms with E-state index < -0.39 is 6.10 Å². The van der Waals surface area contributed by atoms with Gasteiger partial charge in [-0.3, -0.25) is 4.79 Å². The van der Waals surface area contributed by atoms with Crippen molar-refractivity contribution in [3.05, 3.63) is 24.3 Å². The van der Waals surface area contributed by atoms with Gasteiger partial charge in [-0.25, -0.2) is 9.97 Å². The second-order valence-electron chi connectivity index (χ2n) is 2.17. The average molecular weight is 152 g/mol. The van der Waals surface area contributed by atoms with E-state index in [1.54, 1.807) is 0 Å². The lowest BCUT2D eigenvalue weighted by Crippen LogP contribution is -2.16. The van der Waals surface area contributed by atoms with Crippen molar-refractivity contribution in [3.8, 4) is 0 Å². The molecular formula is C7H8N2O2. The summed E-state index contributed by atoms with van der Waals surface area (Å²) in [7, 11) is 0. The smallest absolute Gasteiger partial charge is 0.194 e. The van der Waals surface area contributed by atoms with E-state index in [1.165, 1.54) is 25.6 Å². The molecule has 0 saturated heterocycles. The number of Topliss-reactive ketones (excluding diaryl/α,β-unsaturated/α-hetero) is 1. The fourth-order valence-electron chi connectivity index (χ4n) is 0.668. The molecule has 0 saturated carbocycles. The second-order valence-corrected chi connectivity index (χ2v) is 2.17. The number of hydrogen-bond acceptors (Lipinski definition) is 4. The molecule has 0 amide bonds. The minimum absolute atomic E-state index is 0.336. The average Bonchev–Trinajstić information content (AvgIpc) is 2.05. The van der Waals surface area contributed by atoms with Gasteiger partial charge in [0.25, 0.3) is 0 Å². The first-order valence-corrected chi connectivity index (χ1v) is 3.19. The minimum Gasteiger partial charge on any atom is -0.385 e. The number of nitrogens with zero attached hydrogens (tertiary/aromatic N) is 2. The van der Waals surface area contributed by atoms with Gasteiger partial charge >= 0.3 is 0 Å². The highest BCUT2D eigenvalue weighted by Gasteiger charge is 2.11. The van der Waals surface area contributed by atoms with E-state index in [9.17, 15) is 4.79 Å². The molecule has 0 bridgehead atoms. The topological polar surface area (TPSA) is 63.1 Å². The maximum absolute atomic E-state index is 11.0. The van der Waals surface area contributed by atoms with E-state index >= 15 is 0 Å². The van der Waals surface area contributed by atoms with Crippen molar-refractivity contribution < 1.29 is 9.90 Å². The van der Waals surface area contributed by atoms with Crippen molar-refractivity contribution in [2.24, 2.45) is 0 Å². The van der Waals surface area contributed by atoms with Gasteiger partial charge in [-0.05, 0) is 6.92 Å². The van der Waals surface area contributed by atoms with Crippen LogP contribution in [0.15, 0.2) is 18.7 Å². The number of rotatable bonds is 2. The largest absolute Gasteiger partial charge is 0.385 e. The summed E-state index contributed by atoms with van der Waals surface area (Å²) in [6.07, 6.45) is 3.10. The van der Waals surface area contributed by atoms with Crippen molar-refractivity contribution in [1.29, 1.82) is 0 Å². The summed E-state index contributed by atoms with van der Waals surface area (Å²) >= 11 is 0. The lowest BCUT2D eigenvalue weighted by Gasteiger charge is -2.00. The van der Waals surface area contributed by atoms with Gasteiger partial charge in [0.1, 0.15) is 12.4 Å². The van der Waals surface area contributed by atoms with E-state index in [-0.39, 0.29) is 5.78 Å². The lowest BCUT2D eigenvalue weighted by atomic mass is 10.1. The molecule has 0 aromatic carbocycles. The quantitative estimate of drug-likeness (QED) is 0.608. The number of carbonyl (C=O) groups is 1. The highest BCUT2D eigenvalue weighted by molar-refractivity contribution is 5.98. The third-order valence-electron chi connectivity index (χ3n) is 1.22. The number of aliphatic hydroxyl groups excluding tert-OH is 1. The molecule has 0 aliphatic carbocycles. The molecule has 11 heavy (non-hydrogen) atoms. The summed E-state index contributed by atoms with van der Waals surface area (Å²) in [5.74, 6) is -0.356. The van der Waals surface area contributed by atoms with E-state index in [4.69, 9.17) is 5.11 Å². The zero-order valence-corrected chi connectivity index (χ0v) is 6.06. The van der Waals surface area contributed by atoms with Gasteiger partial charge in [0.05, 0.1) is 5.56 Å². The third kappa shape index (κ3) is 1.81. The first-order chi connectivity index (χ1) is 5.22. The van der Waals surface area contributed by atoms with Crippen LogP contribution in [0.1, 0.15) is 17.3 Å². The van der Waals surface area contributed by atoms with E-state index in [0.29, 0.717) is 5.56 Å². The fraction of sp³-hybridized carbons (Fsp3) is 0.286. The molecule has 0 aliphatic rings. The lowest BCUT2D eigenvalue weighted by molar-refractivity contribution is 0.0778. The molecule has 1 atom stereocenters. The molecule has 4 heteroatoms. The van der Waals surface area contributed by atoms with Crippen LogP contribution in [-0.4, -0.2) is 27.0 Å². The van der Waals surface area contributed by atoms with Crippen LogP contribution in [0.3, 0.4) is 0 Å². The van der Waals surface area contributed by atoms with Gasteiger partial charge in [0.15, 0.2) is 5.78 Å². The monoisotopic (exact) mass is 152 g/mol. The SMILES string of the molecule is CC(O)C(=O)c1cncnc1. The molecule has 1 unspecified atom stereocenters. The van der Waals surface area contributed by atoms with Gasteiger partial charge in [-0.15, -0.1) is 0 Å². The van der Waals surface area contributed by atoms with Gasteiger partial charge in [0.2, 0.25) is 0 Å². The standard InChI is InChI=1S/C7H8N2O2/c1-5(10)7(11)6-2-8-4-9-3-6/h2-5,10H,1H3. The summed E-state index contributed by atoms with van der Waals surface area (Å²) in [6.45, 7) is 1.41. The number of carbonyl (C=O) groups excluding carboxylic acids is 1. The van der Waals surface area contributed by atoms with Crippen molar-refractivity contribution in [2.45, 2.75) is 13.0 Å². The number of aromatic nitrogens is 2. The maximum Gasteiger partial charge on any atom is 0.194 e. The maximum atomic E-state index is 11.0. The van der Waals surface area contributed by atoms with Crippen LogP contribution < -0.4 is 0 Å². The normalized spacial score (nSPS) is 12.5. The fourth-order valence-corrected chi connectivity index (χ4v) is 0.668. The summed E-state index contributed by atoms with van der Waals surface area (Å²) < 4.78 is 0. The Morgan fingerprint density at radius 1 is 1.55 bits per heavy atom. The van der Waals surface area contributed by atoms with Crippen LogP contribution in [0.2, 0.25) is 0 Å². The molecule has 4 nitrogen and oxygen atoms in total. The minimum atomic E-state index is -0.985. The first kappa shape index (κ1) is 7.81. The molecule has 0 spiro atoms. The summed E-state index contributed by atoms with van der Waals surface area (Å²) in [4.78, 5) is 18.3. The van der Waals surface area contributed by atoms with Gasteiger partial charge in [0, 0.05) is 12.4 Å². The highest BCUT2D eigenvalue weighted by atomic mass is 16.3. The Kier molecular flexibility index (Phi) is 2.28. The predicted molar refractivity (Wildman–Crippen MR) is 38.0 cm³/mol. The second kappa shape index (κ2) is 3.21. The Labute approximate surface area is 63.9 Å². The Hall–Kier alpha value is -1.29. The van der Waals surface area contributed by atoms with Crippen LogP contribution in [0.4, 0.5) is 0 Å². The van der Waals surface area contributed by atoms with Crippen LogP contribution in [0.5, 0.6) is 0 Å². The third-order valence-corrected chi connectivity index (χ3v) is 1.22. The molecule has 58 valence electrons. The van der Waals surface area contributed by atoms with Gasteiger partial charge in [-0.1, -0.05) is 0 Å². The zero-order valence-electron chi connectivity index (χ0n) is 6.06. The van der Waals surface area contributed by atoms with E-state index in [0.717, 1.165) is 0 Å². The molecule has 0 fully saturated rings. The Morgan fingerprint density at radius 2 is 2.09 bits per heavy atom. The van der Waals surface area contributed by atoms with Crippen LogP contribution in [-0.2, 0) is 0 Å². The molecule has 1 aromatic heterocycles. The summed E-state index contributed by atoms with van der Waals surface area (Å²) in [5.41, 5.74) is 0.336. The molecule has 1 heterocycles. The number of hydrogen-bond donors (Lipinski definition) is 1. The molecule has 1 N–H and O–H groups in total. The predicted octanol–water partition coefficient (Wildman–Crippen LogP) is 0.0401. The summed E-state index contributed by atoms with van der Waals surface area (Å²) in [5, 5.41) is 8.87. The zero-order chi connectivity index (χ0) is 8.27. The van der Waals surface area contributed by atoms with Crippen molar-refractivity contribution in [1.82, 2.24) is 9.97 Å². The van der Waals surface area contributed by atoms with Crippen LogP contribution >= 0.6 is 0 Å². The van der Waals surface area contributed by atoms with Crippen LogP contribution in [0.25, 0.3) is 0 Å². The number of aliphatic hydroxyl groups is 1. The highest BCUT2D eigenvalue weighted by Crippen LogP contribution is 1.98. The first-order valence-electron chi connectivity index (χ1n) is 3.19. The summed E-state index contributed by atoms with van der Waals surface area (Å²) in [6, 6.07) is 0. The van der Waals surface area contributed by atoms with Crippen molar-refractivity contribution >= 4 is 5.78 Å².